The summed E-state index contributed by atoms with van der Waals surface area (Å²) in [4.78, 5) is 10.9. The summed E-state index contributed by atoms with van der Waals surface area (Å²) in [5, 5.41) is 3.00. The van der Waals surface area contributed by atoms with Gasteiger partial charge in [-0.3, -0.25) is 4.79 Å². The molecule has 0 unspecified atom stereocenters. The maximum Gasteiger partial charge on any atom is 0.306 e. The molecule has 1 rings (SSSR count). The zero-order chi connectivity index (χ0) is 14.3. The second kappa shape index (κ2) is 8.12. The van der Waals surface area contributed by atoms with E-state index in [-0.39, 0.29) is 17.1 Å². The Balaban J connectivity index is 2.66. The van der Waals surface area contributed by atoms with Crippen LogP contribution in [0.3, 0.4) is 0 Å². The van der Waals surface area contributed by atoms with Gasteiger partial charge in [0.25, 0.3) is 0 Å². The van der Waals surface area contributed by atoms with Gasteiger partial charge in [-0.2, -0.15) is 0 Å². The van der Waals surface area contributed by atoms with Crippen LogP contribution in [0.1, 0.15) is 18.9 Å². The quantitative estimate of drug-likeness (QED) is 0.619. The molecule has 0 aromatic heterocycles. The number of nitrogens with one attached hydrogen (secondary N) is 1. The Morgan fingerprint density at radius 2 is 2.00 bits per heavy atom. The molecule has 0 bridgehead atoms. The molecule has 0 atom stereocenters. The molecule has 0 aliphatic rings. The van der Waals surface area contributed by atoms with Crippen molar-refractivity contribution in [3.05, 3.63) is 29.3 Å². The van der Waals surface area contributed by atoms with E-state index >= 15 is 0 Å². The number of hydrogen-bond donors (Lipinski definition) is 1. The van der Waals surface area contributed by atoms with Gasteiger partial charge in [0.15, 0.2) is 0 Å². The number of carbonyl (C=O) groups is 1. The monoisotopic (exact) mass is 289 g/mol. The van der Waals surface area contributed by atoms with Crippen LogP contribution in [0.25, 0.3) is 0 Å². The lowest BCUT2D eigenvalue weighted by Crippen LogP contribution is -2.12. The normalized spacial score (nSPS) is 10.5. The predicted molar refractivity (Wildman–Crippen MR) is 71.1 cm³/mol. The van der Waals surface area contributed by atoms with Gasteiger partial charge >= 0.3 is 5.97 Å². The number of rotatable bonds is 7. The van der Waals surface area contributed by atoms with Crippen LogP contribution in [0.2, 0.25) is 0 Å². The van der Waals surface area contributed by atoms with E-state index in [1.807, 2.05) is 6.92 Å². The highest BCUT2D eigenvalue weighted by Crippen LogP contribution is 2.27. The summed E-state index contributed by atoms with van der Waals surface area (Å²) >= 11 is 0.979. The van der Waals surface area contributed by atoms with Crippen LogP contribution in [0.15, 0.2) is 17.0 Å². The fourth-order valence-electron chi connectivity index (χ4n) is 1.46. The Morgan fingerprint density at radius 3 is 2.53 bits per heavy atom. The van der Waals surface area contributed by atoms with Crippen molar-refractivity contribution in [3.8, 4) is 0 Å². The van der Waals surface area contributed by atoms with Crippen LogP contribution in [-0.4, -0.2) is 25.4 Å². The Labute approximate surface area is 115 Å². The lowest BCUT2D eigenvalue weighted by molar-refractivity contribution is -0.140. The number of thioether (sulfide) groups is 1. The van der Waals surface area contributed by atoms with Crippen molar-refractivity contribution in [2.75, 3.05) is 19.4 Å². The van der Waals surface area contributed by atoms with Crippen molar-refractivity contribution in [1.82, 2.24) is 5.32 Å². The van der Waals surface area contributed by atoms with Gasteiger partial charge in [0.05, 0.1) is 18.4 Å². The van der Waals surface area contributed by atoms with E-state index < -0.39 is 17.6 Å². The molecule has 0 amide bonds. The van der Waals surface area contributed by atoms with Gasteiger partial charge in [-0.1, -0.05) is 6.92 Å². The molecule has 0 saturated carbocycles. The van der Waals surface area contributed by atoms with E-state index in [4.69, 9.17) is 0 Å². The summed E-state index contributed by atoms with van der Waals surface area (Å²) in [5.74, 6) is -1.30. The van der Waals surface area contributed by atoms with Gasteiger partial charge in [0.2, 0.25) is 0 Å². The van der Waals surface area contributed by atoms with Crippen LogP contribution in [0.5, 0.6) is 0 Å². The predicted octanol–water partition coefficient (Wildman–Crippen LogP) is 2.73. The standard InChI is InChI=1S/C13H17F2NO2S/c1-3-16-8-9-6-10(14)13(11(15)7-9)19-5-4-12(17)18-2/h6-7,16H,3-5,8H2,1-2H3. The minimum absolute atomic E-state index is 0.0517. The average Bonchev–Trinajstić information content (AvgIpc) is 2.39. The number of ether oxygens (including phenoxy) is 1. The summed E-state index contributed by atoms with van der Waals surface area (Å²) in [6, 6.07) is 2.62. The lowest BCUT2D eigenvalue weighted by atomic mass is 10.2. The maximum absolute atomic E-state index is 13.7. The zero-order valence-electron chi connectivity index (χ0n) is 11.0. The summed E-state index contributed by atoms with van der Waals surface area (Å²) < 4.78 is 31.9. The Kier molecular flexibility index (Phi) is 6.80. The molecule has 0 aliphatic carbocycles. The van der Waals surface area contributed by atoms with Crippen molar-refractivity contribution in [2.45, 2.75) is 24.8 Å². The number of methoxy groups -OCH3 is 1. The van der Waals surface area contributed by atoms with Crippen LogP contribution in [0, 0.1) is 11.6 Å². The third-order valence-corrected chi connectivity index (χ3v) is 3.50. The molecule has 1 aromatic carbocycles. The molecule has 0 radical (unpaired) electrons. The van der Waals surface area contributed by atoms with Gasteiger partial charge < -0.3 is 10.1 Å². The summed E-state index contributed by atoms with van der Waals surface area (Å²) in [7, 11) is 1.28. The summed E-state index contributed by atoms with van der Waals surface area (Å²) in [5.41, 5.74) is 0.564. The smallest absolute Gasteiger partial charge is 0.306 e. The van der Waals surface area contributed by atoms with Crippen LogP contribution < -0.4 is 5.32 Å². The third kappa shape index (κ3) is 5.16. The molecular weight excluding hydrogens is 272 g/mol. The van der Waals surface area contributed by atoms with Gasteiger partial charge in [0.1, 0.15) is 11.6 Å². The molecule has 1 aromatic rings. The van der Waals surface area contributed by atoms with Gasteiger partial charge in [-0.25, -0.2) is 8.78 Å². The number of hydrogen-bond acceptors (Lipinski definition) is 4. The fraction of sp³-hybridized carbons (Fsp3) is 0.462. The molecule has 0 heterocycles. The van der Waals surface area contributed by atoms with Crippen LogP contribution in [0.4, 0.5) is 8.78 Å². The Bertz CT molecular complexity index is 418. The third-order valence-electron chi connectivity index (χ3n) is 2.42. The van der Waals surface area contributed by atoms with Crippen molar-refractivity contribution in [1.29, 1.82) is 0 Å². The number of halogens is 2. The number of carbonyl (C=O) groups excluding carboxylic acids is 1. The minimum Gasteiger partial charge on any atom is -0.469 e. The van der Waals surface area contributed by atoms with E-state index in [1.54, 1.807) is 0 Å². The molecule has 1 N–H and O–H groups in total. The largest absolute Gasteiger partial charge is 0.469 e. The average molecular weight is 289 g/mol. The van der Waals surface area contributed by atoms with E-state index in [0.717, 1.165) is 18.3 Å². The summed E-state index contributed by atoms with van der Waals surface area (Å²) in [6.45, 7) is 3.08. The first-order chi connectivity index (χ1) is 9.08. The van der Waals surface area contributed by atoms with Gasteiger partial charge in [-0.05, 0) is 24.2 Å². The highest BCUT2D eigenvalue weighted by atomic mass is 32.2. The highest BCUT2D eigenvalue weighted by Gasteiger charge is 2.12. The Morgan fingerprint density at radius 1 is 1.37 bits per heavy atom. The van der Waals surface area contributed by atoms with Gasteiger partial charge in [0, 0.05) is 12.3 Å². The molecule has 106 valence electrons. The van der Waals surface area contributed by atoms with Crippen molar-refractivity contribution >= 4 is 17.7 Å². The van der Waals surface area contributed by atoms with E-state index in [9.17, 15) is 13.6 Å². The van der Waals surface area contributed by atoms with Crippen LogP contribution >= 0.6 is 11.8 Å². The van der Waals surface area contributed by atoms with E-state index in [1.165, 1.54) is 19.2 Å². The maximum atomic E-state index is 13.7. The topological polar surface area (TPSA) is 38.3 Å². The molecule has 6 heteroatoms. The van der Waals surface area contributed by atoms with Crippen molar-refractivity contribution in [2.24, 2.45) is 0 Å². The van der Waals surface area contributed by atoms with E-state index in [2.05, 4.69) is 10.1 Å². The number of esters is 1. The molecule has 0 saturated heterocycles. The SMILES string of the molecule is CCNCc1cc(F)c(SCCC(=O)OC)c(F)c1. The van der Waals surface area contributed by atoms with Crippen molar-refractivity contribution < 1.29 is 18.3 Å². The molecule has 0 spiro atoms. The minimum atomic E-state index is -0.595. The van der Waals surface area contributed by atoms with E-state index in [0.29, 0.717) is 12.1 Å². The first-order valence-electron chi connectivity index (χ1n) is 5.96. The first-order valence-corrected chi connectivity index (χ1v) is 6.95. The zero-order valence-corrected chi connectivity index (χ0v) is 11.8. The molecule has 3 nitrogen and oxygen atoms in total. The van der Waals surface area contributed by atoms with Crippen LogP contribution in [-0.2, 0) is 16.1 Å². The number of benzene rings is 1. The highest BCUT2D eigenvalue weighted by molar-refractivity contribution is 7.99. The second-order valence-electron chi connectivity index (χ2n) is 3.84. The lowest BCUT2D eigenvalue weighted by Gasteiger charge is -2.08. The fourth-order valence-corrected chi connectivity index (χ4v) is 2.33. The molecule has 0 aliphatic heterocycles. The Hall–Kier alpha value is -1.14. The molecule has 0 fully saturated rings. The van der Waals surface area contributed by atoms with Gasteiger partial charge in [-0.15, -0.1) is 11.8 Å². The molecule has 19 heavy (non-hydrogen) atoms. The van der Waals surface area contributed by atoms with Crippen molar-refractivity contribution in [3.63, 3.8) is 0 Å². The second-order valence-corrected chi connectivity index (χ2v) is 4.95. The first kappa shape index (κ1) is 15.9. The molecular formula is C13H17F2NO2S. The summed E-state index contributed by atoms with van der Waals surface area (Å²) in [6.07, 6.45) is 0.124.